The standard InChI is InChI=1S/2C19H18.C18H15N.2C16H13N.C13H10.2C13H14.4C2H6/c2*1-12(2)16-10-8-15-7-6-13-4-3-5-14-9-11-17(16)19(15)18(13)14;1-4-10-16(11-5-1)19(17-12-6-2-7-13-17)18-14-8-3-9-15-18;2*1-2-9-14(10-3-1)17-16-12-6-8-13-7-4-5-11-15(13)16;1-3-7-12-10(5-1)9-11-6-2-4-8-13(11)12;2*1-10(2)12-9-5-7-11-6-3-4-8-13(11)12;4*1-2/h2*3,5-6,8-12H,4,7H2,1-2H3;1-15H;2*1-12,17H;1-8H,9H2;2*3-10H,1-2H3;4*1-2H3. The van der Waals surface area contributed by atoms with Gasteiger partial charge in [-0.15, -0.1) is 0 Å². The van der Waals surface area contributed by atoms with Gasteiger partial charge in [-0.05, 0) is 271 Å². The Morgan fingerprint density at radius 2 is 0.507 bits per heavy atom. The predicted octanol–water partition coefficient (Wildman–Crippen LogP) is 40.3. The van der Waals surface area contributed by atoms with Crippen molar-refractivity contribution in [1.29, 1.82) is 0 Å². The highest BCUT2D eigenvalue weighted by molar-refractivity contribution is 6.06. The number of allylic oxidation sites excluding steroid dienone is 6. The maximum Gasteiger partial charge on any atom is 0.0463 e. The minimum Gasteiger partial charge on any atom is -0.355 e. The monoisotopic (exact) mass is 1800 g/mol. The van der Waals surface area contributed by atoms with Crippen molar-refractivity contribution in [2.24, 2.45) is 0 Å². The summed E-state index contributed by atoms with van der Waals surface area (Å²) in [4.78, 5) is 2.25. The van der Waals surface area contributed by atoms with Gasteiger partial charge in [0, 0.05) is 50.6 Å². The number of hydrogen-bond donors (Lipinski definition) is 2. The van der Waals surface area contributed by atoms with Crippen LogP contribution >= 0.6 is 0 Å². The van der Waals surface area contributed by atoms with Crippen LogP contribution in [0.25, 0.3) is 99.1 Å². The Morgan fingerprint density at radius 3 is 0.855 bits per heavy atom. The van der Waals surface area contributed by atoms with Crippen molar-refractivity contribution >= 4 is 128 Å². The highest BCUT2D eigenvalue weighted by Gasteiger charge is 2.24. The van der Waals surface area contributed by atoms with Crippen molar-refractivity contribution in [1.82, 2.24) is 0 Å². The third-order valence-electron chi connectivity index (χ3n) is 25.3. The zero-order valence-electron chi connectivity index (χ0n) is 84.1. The minimum absolute atomic E-state index is 0.584. The van der Waals surface area contributed by atoms with Crippen molar-refractivity contribution in [3.05, 3.63) is 510 Å². The second-order valence-corrected chi connectivity index (χ2v) is 35.2. The molecule has 3 heteroatoms. The molecule has 5 aliphatic carbocycles. The molecular weight excluding hydrogens is 1660 g/mol. The number of rotatable bonds is 11. The Bertz CT molecular complexity index is 6750. The van der Waals surface area contributed by atoms with E-state index < -0.39 is 0 Å². The summed E-state index contributed by atoms with van der Waals surface area (Å²) in [5.41, 5.74) is 31.5. The van der Waals surface area contributed by atoms with Gasteiger partial charge in [-0.1, -0.05) is 493 Å². The van der Waals surface area contributed by atoms with E-state index in [-0.39, 0.29) is 0 Å². The van der Waals surface area contributed by atoms with E-state index in [9.17, 15) is 0 Å². The van der Waals surface area contributed by atoms with Gasteiger partial charge in [-0.2, -0.15) is 0 Å². The molecule has 0 aliphatic heterocycles. The second kappa shape index (κ2) is 51.2. The largest absolute Gasteiger partial charge is 0.355 e. The van der Waals surface area contributed by atoms with Gasteiger partial charge in [0.15, 0.2) is 0 Å². The lowest BCUT2D eigenvalue weighted by Crippen LogP contribution is -2.09. The zero-order chi connectivity index (χ0) is 97.1. The predicted molar refractivity (Wildman–Crippen MR) is 611 cm³/mol. The molecule has 0 atom stereocenters. The molecule has 0 heterocycles. The fraction of sp³-hybridized carbons (Fsp3) is 0.185. The first-order chi connectivity index (χ1) is 67.8. The molecule has 0 fully saturated rings. The van der Waals surface area contributed by atoms with Crippen LogP contribution in [0.1, 0.15) is 214 Å². The molecule has 138 heavy (non-hydrogen) atoms. The lowest BCUT2D eigenvalue weighted by atomic mass is 9.79. The Morgan fingerprint density at radius 1 is 0.225 bits per heavy atom. The molecule has 0 bridgehead atoms. The molecule has 0 saturated carbocycles. The Hall–Kier alpha value is -14.9. The van der Waals surface area contributed by atoms with E-state index in [1.165, 1.54) is 171 Å². The van der Waals surface area contributed by atoms with Crippen LogP contribution in [-0.2, 0) is 19.3 Å². The van der Waals surface area contributed by atoms with E-state index >= 15 is 0 Å². The van der Waals surface area contributed by atoms with Crippen LogP contribution in [-0.4, -0.2) is 0 Å². The average molecular weight is 1800 g/mol. The first kappa shape index (κ1) is 101. The van der Waals surface area contributed by atoms with Gasteiger partial charge >= 0.3 is 0 Å². The number of benzene rings is 19. The molecule has 0 radical (unpaired) electrons. The van der Waals surface area contributed by atoms with Crippen molar-refractivity contribution in [2.75, 3.05) is 15.5 Å². The first-order valence-electron chi connectivity index (χ1n) is 50.4. The number of anilines is 7. The smallest absolute Gasteiger partial charge is 0.0463 e. The van der Waals surface area contributed by atoms with Crippen molar-refractivity contribution in [3.8, 4) is 11.1 Å². The highest BCUT2D eigenvalue weighted by atomic mass is 15.1. The first-order valence-corrected chi connectivity index (χ1v) is 50.4. The topological polar surface area (TPSA) is 27.3 Å². The fourth-order valence-electron chi connectivity index (χ4n) is 18.9. The molecule has 0 saturated heterocycles. The molecule has 0 aromatic heterocycles. The van der Waals surface area contributed by atoms with Gasteiger partial charge in [0.2, 0.25) is 0 Å². The quantitative estimate of drug-likeness (QED) is 0.135. The number of nitrogens with one attached hydrogen (secondary N) is 2. The minimum atomic E-state index is 0.584. The summed E-state index contributed by atoms with van der Waals surface area (Å²) in [6, 6.07) is 147. The number of hydrogen-bond acceptors (Lipinski definition) is 3. The van der Waals surface area contributed by atoms with Crippen molar-refractivity contribution < 1.29 is 0 Å². The fourth-order valence-corrected chi connectivity index (χ4v) is 18.9. The van der Waals surface area contributed by atoms with Crippen molar-refractivity contribution in [3.63, 3.8) is 0 Å². The van der Waals surface area contributed by atoms with E-state index in [4.69, 9.17) is 0 Å². The average Bonchev–Trinajstić information content (AvgIpc) is 1.05. The Balaban J connectivity index is 0.000000132. The third-order valence-corrected chi connectivity index (χ3v) is 25.3. The second-order valence-electron chi connectivity index (χ2n) is 35.2. The summed E-state index contributed by atoms with van der Waals surface area (Å²) in [5.74, 6) is 2.37. The normalized spacial score (nSPS) is 11.8. The molecule has 3 nitrogen and oxygen atoms in total. The molecule has 0 unspecified atom stereocenters. The van der Waals surface area contributed by atoms with Crippen LogP contribution < -0.4 is 15.5 Å². The van der Waals surface area contributed by atoms with Gasteiger partial charge in [-0.25, -0.2) is 0 Å². The van der Waals surface area contributed by atoms with Crippen LogP contribution in [0.3, 0.4) is 0 Å². The number of para-hydroxylation sites is 5. The molecule has 19 aromatic rings. The van der Waals surface area contributed by atoms with E-state index in [1.807, 2.05) is 110 Å². The van der Waals surface area contributed by atoms with Crippen molar-refractivity contribution in [2.45, 2.75) is 167 Å². The molecule has 19 aromatic carbocycles. The summed E-state index contributed by atoms with van der Waals surface area (Å²) in [6.07, 6.45) is 19.4. The van der Waals surface area contributed by atoms with E-state index in [0.29, 0.717) is 23.7 Å². The van der Waals surface area contributed by atoms with Crippen LogP contribution in [0.4, 0.5) is 39.8 Å². The van der Waals surface area contributed by atoms with Gasteiger partial charge in [0.25, 0.3) is 0 Å². The molecule has 24 rings (SSSR count). The summed E-state index contributed by atoms with van der Waals surface area (Å²) < 4.78 is 0. The molecule has 0 amide bonds. The highest BCUT2D eigenvalue weighted by Crippen LogP contribution is 2.46. The van der Waals surface area contributed by atoms with Crippen LogP contribution in [0.2, 0.25) is 0 Å². The third kappa shape index (κ3) is 24.9. The van der Waals surface area contributed by atoms with Crippen LogP contribution in [0.5, 0.6) is 0 Å². The van der Waals surface area contributed by atoms with Gasteiger partial charge < -0.3 is 15.5 Å². The maximum atomic E-state index is 3.45. The van der Waals surface area contributed by atoms with Crippen LogP contribution in [0, 0.1) is 0 Å². The number of nitrogens with zero attached hydrogens (tertiary/aromatic N) is 1. The Kier molecular flexibility index (Phi) is 37.3. The summed E-state index contributed by atoms with van der Waals surface area (Å²) >= 11 is 0. The maximum absolute atomic E-state index is 3.45. The van der Waals surface area contributed by atoms with E-state index in [1.54, 1.807) is 0 Å². The zero-order valence-corrected chi connectivity index (χ0v) is 84.1. The van der Waals surface area contributed by atoms with E-state index in [0.717, 1.165) is 54.9 Å². The lowest BCUT2D eigenvalue weighted by Gasteiger charge is -2.25. The Labute approximate surface area is 824 Å². The summed E-state index contributed by atoms with van der Waals surface area (Å²) in [6.45, 7) is 34.1. The lowest BCUT2D eigenvalue weighted by molar-refractivity contribution is 0.875. The number of fused-ring (bicyclic) bond motifs is 7. The molecule has 0 spiro atoms. The molecule has 694 valence electrons. The SMILES string of the molecule is CC.CC.CC.CC.CC(C)c1ccc2c3c4c(ccc13)C=CCC4=CC2.CC(C)c1ccc2c3c4c(ccc13)C=CCC4=CC2.CC(C)c1cccc2ccccc12.CC(C)c1cccc2ccccc12.c1ccc(N(c2ccccc2)c2ccccc2)cc1.c1ccc(Nc2cccc3ccccc23)cc1.c1ccc(Nc2cccc3ccccc23)cc1.c1ccc2c(c1)Cc1ccccc1-2. The molecule has 2 N–H and O–H groups in total. The van der Waals surface area contributed by atoms with E-state index in [2.05, 4.69) is 471 Å². The summed E-state index contributed by atoms with van der Waals surface area (Å²) in [5, 5.41) is 23.3. The van der Waals surface area contributed by atoms with Gasteiger partial charge in [0.1, 0.15) is 0 Å². The molecule has 5 aliphatic rings. The molecular formula is C135H139N3. The van der Waals surface area contributed by atoms with Gasteiger partial charge in [0.05, 0.1) is 0 Å². The summed E-state index contributed by atoms with van der Waals surface area (Å²) in [7, 11) is 0. The van der Waals surface area contributed by atoms with Gasteiger partial charge in [-0.3, -0.25) is 0 Å². The van der Waals surface area contributed by atoms with Crippen LogP contribution in [0.15, 0.2) is 443 Å².